The predicted octanol–water partition coefficient (Wildman–Crippen LogP) is 5.16. The van der Waals surface area contributed by atoms with Crippen LogP contribution in [0.4, 0.5) is 0 Å². The summed E-state index contributed by atoms with van der Waals surface area (Å²) in [6.45, 7) is 0. The maximum atomic E-state index is 14.0. The first-order chi connectivity index (χ1) is 17.0. The van der Waals surface area contributed by atoms with E-state index in [4.69, 9.17) is 4.74 Å². The van der Waals surface area contributed by atoms with Gasteiger partial charge in [-0.15, -0.1) is 0 Å². The zero-order chi connectivity index (χ0) is 24.2. The lowest BCUT2D eigenvalue weighted by Gasteiger charge is -2.42. The molecular weight excluding hydrogens is 436 g/mol. The normalized spacial score (nSPS) is 29.0. The van der Waals surface area contributed by atoms with Crippen molar-refractivity contribution in [3.05, 3.63) is 137 Å². The molecule has 2 aliphatic rings. The number of methoxy groups -OCH3 is 1. The molecule has 0 saturated heterocycles. The Morgan fingerprint density at radius 1 is 0.657 bits per heavy atom. The molecule has 0 bridgehead atoms. The summed E-state index contributed by atoms with van der Waals surface area (Å²) in [4.78, 5) is 14.0. The van der Waals surface area contributed by atoms with Crippen LogP contribution in [0.25, 0.3) is 0 Å². The van der Waals surface area contributed by atoms with E-state index in [9.17, 15) is 15.0 Å². The van der Waals surface area contributed by atoms with Crippen molar-refractivity contribution in [3.63, 3.8) is 0 Å². The summed E-state index contributed by atoms with van der Waals surface area (Å²) in [5, 5.41) is 25.6. The highest BCUT2D eigenvalue weighted by Gasteiger charge is 2.75. The summed E-state index contributed by atoms with van der Waals surface area (Å²) >= 11 is 0. The van der Waals surface area contributed by atoms with E-state index in [-0.39, 0.29) is 5.78 Å². The molecule has 174 valence electrons. The Morgan fingerprint density at radius 2 is 1.26 bits per heavy atom. The lowest BCUT2D eigenvalue weighted by atomic mass is 9.69. The van der Waals surface area contributed by atoms with Crippen molar-refractivity contribution < 1.29 is 19.7 Å². The van der Waals surface area contributed by atoms with Crippen molar-refractivity contribution in [2.45, 2.75) is 23.0 Å². The van der Waals surface area contributed by atoms with Gasteiger partial charge in [0.25, 0.3) is 0 Å². The first-order valence-electron chi connectivity index (χ1n) is 11.8. The second-order valence-electron chi connectivity index (χ2n) is 9.47. The molecule has 4 heteroatoms. The van der Waals surface area contributed by atoms with Crippen molar-refractivity contribution >= 4 is 5.78 Å². The van der Waals surface area contributed by atoms with E-state index in [0.717, 1.165) is 11.1 Å². The van der Waals surface area contributed by atoms with Crippen molar-refractivity contribution in [1.82, 2.24) is 0 Å². The third-order valence-corrected chi connectivity index (χ3v) is 7.96. The van der Waals surface area contributed by atoms with Crippen LogP contribution in [-0.4, -0.2) is 23.1 Å². The Hall–Kier alpha value is -3.73. The minimum absolute atomic E-state index is 0.142. The van der Waals surface area contributed by atoms with Crippen molar-refractivity contribution in [2.75, 3.05) is 7.11 Å². The summed E-state index contributed by atoms with van der Waals surface area (Å²) in [7, 11) is 1.61. The number of Topliss-reactive ketones (excluding diaryl/α,β-unsaturated/α-hetero) is 1. The van der Waals surface area contributed by atoms with Crippen LogP contribution in [0.3, 0.4) is 0 Å². The molecule has 0 amide bonds. The molecule has 4 aromatic carbocycles. The summed E-state index contributed by atoms with van der Waals surface area (Å²) in [6.07, 6.45) is 0. The maximum absolute atomic E-state index is 14.0. The van der Waals surface area contributed by atoms with E-state index in [1.165, 1.54) is 0 Å². The van der Waals surface area contributed by atoms with Gasteiger partial charge in [-0.3, -0.25) is 4.79 Å². The molecule has 2 aliphatic carbocycles. The Bertz CT molecular complexity index is 1380. The second kappa shape index (κ2) is 7.91. The number of ketones is 1. The number of carbonyl (C=O) groups excluding carboxylic acids is 1. The molecule has 0 radical (unpaired) electrons. The largest absolute Gasteiger partial charge is 0.497 e. The number of rotatable bonds is 4. The van der Waals surface area contributed by atoms with Gasteiger partial charge >= 0.3 is 0 Å². The third kappa shape index (κ3) is 2.84. The van der Waals surface area contributed by atoms with Crippen LogP contribution < -0.4 is 4.74 Å². The molecule has 35 heavy (non-hydrogen) atoms. The first kappa shape index (κ1) is 21.8. The molecule has 4 nitrogen and oxygen atoms in total. The molecule has 0 aliphatic heterocycles. The zero-order valence-corrected chi connectivity index (χ0v) is 19.3. The molecule has 0 aromatic heterocycles. The molecule has 0 heterocycles. The molecular formula is C31H26O4. The zero-order valence-electron chi connectivity index (χ0n) is 19.3. The number of carbonyl (C=O) groups is 1. The average molecular weight is 463 g/mol. The van der Waals surface area contributed by atoms with Gasteiger partial charge in [0.2, 0.25) is 0 Å². The van der Waals surface area contributed by atoms with Gasteiger partial charge in [0.1, 0.15) is 17.0 Å². The summed E-state index contributed by atoms with van der Waals surface area (Å²) in [5.74, 6) is -1.34. The minimum atomic E-state index is -1.81. The Morgan fingerprint density at radius 3 is 1.91 bits per heavy atom. The summed E-state index contributed by atoms with van der Waals surface area (Å²) < 4.78 is 5.37. The SMILES string of the molecule is COc1ccc([C@@H]2[C@@H]3C(=O)c4ccccc4[C@]3(O)[C@](O)(c3ccccc3)[C@H]2c2ccccc2)cc1. The Balaban J connectivity index is 1.70. The van der Waals surface area contributed by atoms with E-state index in [1.54, 1.807) is 25.3 Å². The molecule has 5 atom stereocenters. The van der Waals surface area contributed by atoms with Gasteiger partial charge in [0.05, 0.1) is 13.0 Å². The van der Waals surface area contributed by atoms with Crippen LogP contribution in [0.1, 0.15) is 44.4 Å². The fraction of sp³-hybridized carbons (Fsp3) is 0.194. The fourth-order valence-corrected chi connectivity index (χ4v) is 6.52. The second-order valence-corrected chi connectivity index (χ2v) is 9.47. The number of benzene rings is 4. The Labute approximate surface area is 204 Å². The van der Waals surface area contributed by atoms with Crippen LogP contribution in [-0.2, 0) is 11.2 Å². The quantitative estimate of drug-likeness (QED) is 0.439. The lowest BCUT2D eigenvalue weighted by molar-refractivity contribution is -0.159. The highest BCUT2D eigenvalue weighted by atomic mass is 16.5. The molecule has 2 N–H and O–H groups in total. The third-order valence-electron chi connectivity index (χ3n) is 7.96. The summed E-state index contributed by atoms with van der Waals surface area (Å²) in [5.41, 5.74) is -0.288. The number of aliphatic hydroxyl groups is 2. The van der Waals surface area contributed by atoms with Gasteiger partial charge in [0, 0.05) is 17.4 Å². The molecule has 6 rings (SSSR count). The van der Waals surface area contributed by atoms with Gasteiger partial charge in [-0.25, -0.2) is 0 Å². The molecule has 0 unspecified atom stereocenters. The van der Waals surface area contributed by atoms with E-state index in [2.05, 4.69) is 0 Å². The van der Waals surface area contributed by atoms with Crippen LogP contribution in [0.5, 0.6) is 5.75 Å². The van der Waals surface area contributed by atoms with Crippen LogP contribution in [0, 0.1) is 5.92 Å². The minimum Gasteiger partial charge on any atom is -0.497 e. The molecule has 1 saturated carbocycles. The molecule has 4 aromatic rings. The fourth-order valence-electron chi connectivity index (χ4n) is 6.52. The number of hydrogen-bond donors (Lipinski definition) is 2. The summed E-state index contributed by atoms with van der Waals surface area (Å²) in [6, 6.07) is 33.8. The van der Waals surface area contributed by atoms with Crippen molar-refractivity contribution in [2.24, 2.45) is 5.92 Å². The standard InChI is InChI=1S/C31H26O4/c1-35-23-18-16-20(17-19-23)26-27(21-10-4-2-5-11-21)30(33,22-12-6-3-7-13-22)31(34)25-15-9-8-14-24(25)29(32)28(26)31/h2-19,26-28,33-34H,1H3/t26-,27-,28+,30-,31+/m0/s1. The number of ether oxygens (including phenoxy) is 1. The van der Waals surface area contributed by atoms with E-state index < -0.39 is 29.0 Å². The van der Waals surface area contributed by atoms with Crippen LogP contribution >= 0.6 is 0 Å². The van der Waals surface area contributed by atoms with Gasteiger partial charge in [-0.2, -0.15) is 0 Å². The van der Waals surface area contributed by atoms with Crippen molar-refractivity contribution in [3.8, 4) is 5.75 Å². The average Bonchev–Trinajstić information content (AvgIpc) is 3.28. The highest BCUT2D eigenvalue weighted by Crippen LogP contribution is 2.70. The molecule has 1 fully saturated rings. The van der Waals surface area contributed by atoms with Gasteiger partial charge in [-0.05, 0) is 34.4 Å². The van der Waals surface area contributed by atoms with Crippen LogP contribution in [0.2, 0.25) is 0 Å². The maximum Gasteiger partial charge on any atom is 0.170 e. The topological polar surface area (TPSA) is 66.8 Å². The molecule has 0 spiro atoms. The van der Waals surface area contributed by atoms with Gasteiger partial charge in [0.15, 0.2) is 5.78 Å². The number of hydrogen-bond acceptors (Lipinski definition) is 4. The van der Waals surface area contributed by atoms with E-state index in [0.29, 0.717) is 22.4 Å². The highest BCUT2D eigenvalue weighted by molar-refractivity contribution is 6.05. The van der Waals surface area contributed by atoms with E-state index >= 15 is 0 Å². The van der Waals surface area contributed by atoms with Crippen LogP contribution in [0.15, 0.2) is 109 Å². The Kier molecular flexibility index (Phi) is 4.92. The smallest absolute Gasteiger partial charge is 0.170 e. The lowest BCUT2D eigenvalue weighted by Crippen LogP contribution is -2.49. The van der Waals surface area contributed by atoms with Crippen molar-refractivity contribution in [1.29, 1.82) is 0 Å². The van der Waals surface area contributed by atoms with Gasteiger partial charge < -0.3 is 14.9 Å². The van der Waals surface area contributed by atoms with Gasteiger partial charge in [-0.1, -0.05) is 97.1 Å². The van der Waals surface area contributed by atoms with E-state index in [1.807, 2.05) is 91.0 Å². The predicted molar refractivity (Wildman–Crippen MR) is 133 cm³/mol. The monoisotopic (exact) mass is 462 g/mol. The first-order valence-corrected chi connectivity index (χ1v) is 11.8. The number of fused-ring (bicyclic) bond motifs is 3.